The molecule has 0 aromatic carbocycles. The Morgan fingerprint density at radius 1 is 1.08 bits per heavy atom. The Bertz CT molecular complexity index is 779. The van der Waals surface area contributed by atoms with E-state index in [9.17, 15) is 16.8 Å². The summed E-state index contributed by atoms with van der Waals surface area (Å²) < 4.78 is 56.4. The molecule has 2 aliphatic rings. The van der Waals surface area contributed by atoms with Crippen molar-refractivity contribution in [2.75, 3.05) is 20.1 Å². The maximum Gasteiger partial charge on any atom is 0.281 e. The topological polar surface area (TPSA) is 86.8 Å². The molecule has 1 saturated carbocycles. The molecule has 10 heteroatoms. The lowest BCUT2D eigenvalue weighted by Crippen LogP contribution is -2.52. The van der Waals surface area contributed by atoms with Gasteiger partial charge in [-0.3, -0.25) is 0 Å². The van der Waals surface area contributed by atoms with Gasteiger partial charge in [-0.2, -0.15) is 17.0 Å². The van der Waals surface area contributed by atoms with Crippen molar-refractivity contribution in [3.63, 3.8) is 0 Å². The van der Waals surface area contributed by atoms with Gasteiger partial charge >= 0.3 is 0 Å². The summed E-state index contributed by atoms with van der Waals surface area (Å²) in [6.45, 7) is 0.689. The van der Waals surface area contributed by atoms with E-state index in [0.29, 0.717) is 30.1 Å². The van der Waals surface area contributed by atoms with Gasteiger partial charge in [0, 0.05) is 32.2 Å². The molecule has 0 spiro atoms. The first-order chi connectivity index (χ1) is 12.3. The molecule has 0 unspecified atom stereocenters. The SMILES string of the molecule is CN(C1CCCCC1)S(=O)(=O)N1CCC(NS(=O)(=O)c2cccs2)CC1. The third-order valence-electron chi connectivity index (χ3n) is 5.31. The minimum absolute atomic E-state index is 0.0869. The summed E-state index contributed by atoms with van der Waals surface area (Å²) >= 11 is 1.18. The van der Waals surface area contributed by atoms with Gasteiger partial charge < -0.3 is 0 Å². The summed E-state index contributed by atoms with van der Waals surface area (Å²) in [5.74, 6) is 0. The third kappa shape index (κ3) is 4.48. The summed E-state index contributed by atoms with van der Waals surface area (Å²) in [6, 6.07) is 3.14. The fourth-order valence-corrected chi connectivity index (χ4v) is 7.65. The molecule has 26 heavy (non-hydrogen) atoms. The van der Waals surface area contributed by atoms with Crippen molar-refractivity contribution in [3.05, 3.63) is 17.5 Å². The van der Waals surface area contributed by atoms with Crippen LogP contribution in [0.4, 0.5) is 0 Å². The molecular weight excluding hydrogens is 394 g/mol. The van der Waals surface area contributed by atoms with Crippen LogP contribution in [0.15, 0.2) is 21.7 Å². The van der Waals surface area contributed by atoms with Gasteiger partial charge in [-0.1, -0.05) is 25.3 Å². The highest BCUT2D eigenvalue weighted by molar-refractivity contribution is 7.91. The van der Waals surface area contributed by atoms with E-state index in [1.807, 2.05) is 0 Å². The normalized spacial score (nSPS) is 22.1. The molecule has 3 rings (SSSR count). The lowest BCUT2D eigenvalue weighted by molar-refractivity contribution is 0.244. The van der Waals surface area contributed by atoms with Gasteiger partial charge in [0.1, 0.15) is 4.21 Å². The fourth-order valence-electron chi connectivity index (χ4n) is 3.71. The Labute approximate surface area is 160 Å². The molecule has 0 radical (unpaired) electrons. The Balaban J connectivity index is 1.57. The standard InChI is InChI=1S/C16H27N3O4S3/c1-18(15-6-3-2-4-7-15)26(22,23)19-11-9-14(10-12-19)17-25(20,21)16-8-5-13-24-16/h5,8,13-15,17H,2-4,6-7,9-12H2,1H3. The predicted molar refractivity (Wildman–Crippen MR) is 103 cm³/mol. The molecule has 0 bridgehead atoms. The van der Waals surface area contributed by atoms with Crippen LogP contribution in [-0.2, 0) is 20.2 Å². The number of thiophene rings is 1. The number of hydrogen-bond acceptors (Lipinski definition) is 5. The summed E-state index contributed by atoms with van der Waals surface area (Å²) in [4.78, 5) is 0. The molecule has 148 valence electrons. The van der Waals surface area contributed by atoms with Crippen LogP contribution in [0, 0.1) is 0 Å². The maximum atomic E-state index is 12.9. The molecule has 1 saturated heterocycles. The Hall–Kier alpha value is -0.520. The second kappa shape index (κ2) is 8.24. The van der Waals surface area contributed by atoms with Gasteiger partial charge in [0.2, 0.25) is 10.0 Å². The van der Waals surface area contributed by atoms with E-state index >= 15 is 0 Å². The van der Waals surface area contributed by atoms with E-state index in [-0.39, 0.29) is 12.1 Å². The first-order valence-corrected chi connectivity index (χ1v) is 12.9. The van der Waals surface area contributed by atoms with Gasteiger partial charge in [-0.25, -0.2) is 13.1 Å². The van der Waals surface area contributed by atoms with Gasteiger partial charge in [0.05, 0.1) is 0 Å². The molecule has 7 nitrogen and oxygen atoms in total. The van der Waals surface area contributed by atoms with E-state index in [4.69, 9.17) is 0 Å². The highest BCUT2D eigenvalue weighted by Crippen LogP contribution is 2.26. The molecule has 1 aromatic rings. The average Bonchev–Trinajstić information content (AvgIpc) is 3.18. The minimum Gasteiger partial charge on any atom is -0.207 e. The monoisotopic (exact) mass is 421 g/mol. The van der Waals surface area contributed by atoms with Crippen molar-refractivity contribution in [1.29, 1.82) is 0 Å². The lowest BCUT2D eigenvalue weighted by atomic mass is 9.96. The molecule has 1 aliphatic heterocycles. The minimum atomic E-state index is -3.51. The van der Waals surface area contributed by atoms with Crippen LogP contribution < -0.4 is 4.72 Å². The average molecular weight is 422 g/mol. The molecule has 1 N–H and O–H groups in total. The van der Waals surface area contributed by atoms with Crippen LogP contribution >= 0.6 is 11.3 Å². The zero-order valence-electron chi connectivity index (χ0n) is 15.0. The molecule has 2 fully saturated rings. The van der Waals surface area contributed by atoms with Crippen LogP contribution in [0.5, 0.6) is 0 Å². The van der Waals surface area contributed by atoms with Crippen molar-refractivity contribution >= 4 is 31.6 Å². The predicted octanol–water partition coefficient (Wildman–Crippen LogP) is 2.00. The molecule has 2 heterocycles. The fraction of sp³-hybridized carbons (Fsp3) is 0.750. The lowest BCUT2D eigenvalue weighted by Gasteiger charge is -2.37. The van der Waals surface area contributed by atoms with Crippen LogP contribution in [-0.4, -0.2) is 57.7 Å². The third-order valence-corrected chi connectivity index (χ3v) is 10.3. The first kappa shape index (κ1) is 20.2. The van der Waals surface area contributed by atoms with Gasteiger partial charge in [0.15, 0.2) is 0 Å². The largest absolute Gasteiger partial charge is 0.281 e. The molecule has 0 atom stereocenters. The molecule has 1 aliphatic carbocycles. The Morgan fingerprint density at radius 3 is 2.31 bits per heavy atom. The van der Waals surface area contributed by atoms with Crippen molar-refractivity contribution in [2.45, 2.75) is 61.2 Å². The first-order valence-electron chi connectivity index (χ1n) is 9.09. The molecule has 0 amide bonds. The van der Waals surface area contributed by atoms with Crippen LogP contribution in [0.25, 0.3) is 0 Å². The van der Waals surface area contributed by atoms with Crippen molar-refractivity contribution in [1.82, 2.24) is 13.3 Å². The van der Waals surface area contributed by atoms with Crippen molar-refractivity contribution in [2.24, 2.45) is 0 Å². The van der Waals surface area contributed by atoms with Crippen LogP contribution in [0.2, 0.25) is 0 Å². The summed E-state index contributed by atoms with van der Waals surface area (Å²) in [5, 5.41) is 1.73. The Kier molecular flexibility index (Phi) is 6.41. The van der Waals surface area contributed by atoms with E-state index in [2.05, 4.69) is 4.72 Å². The summed E-state index contributed by atoms with van der Waals surface area (Å²) in [6.07, 6.45) is 6.17. The second-order valence-corrected chi connectivity index (χ2v) is 11.9. The Morgan fingerprint density at radius 2 is 1.73 bits per heavy atom. The van der Waals surface area contributed by atoms with Crippen LogP contribution in [0.1, 0.15) is 44.9 Å². The number of nitrogens with one attached hydrogen (secondary N) is 1. The smallest absolute Gasteiger partial charge is 0.207 e. The van der Waals surface area contributed by atoms with Crippen molar-refractivity contribution in [3.8, 4) is 0 Å². The highest BCUT2D eigenvalue weighted by Gasteiger charge is 2.35. The van der Waals surface area contributed by atoms with E-state index in [0.717, 1.165) is 25.7 Å². The number of hydrogen-bond donors (Lipinski definition) is 1. The van der Waals surface area contributed by atoms with E-state index < -0.39 is 20.2 Å². The highest BCUT2D eigenvalue weighted by atomic mass is 32.2. The number of sulfonamides is 1. The zero-order valence-corrected chi connectivity index (χ0v) is 17.5. The molecule has 1 aromatic heterocycles. The van der Waals surface area contributed by atoms with Gasteiger partial charge in [-0.05, 0) is 37.1 Å². The maximum absolute atomic E-state index is 12.9. The quantitative estimate of drug-likeness (QED) is 0.761. The van der Waals surface area contributed by atoms with Gasteiger partial charge in [0.25, 0.3) is 10.2 Å². The van der Waals surface area contributed by atoms with Crippen LogP contribution in [0.3, 0.4) is 0 Å². The molecular formula is C16H27N3O4S3. The zero-order chi connectivity index (χ0) is 18.8. The van der Waals surface area contributed by atoms with E-state index in [1.54, 1.807) is 24.6 Å². The number of nitrogens with zero attached hydrogens (tertiary/aromatic N) is 2. The number of piperidine rings is 1. The summed E-state index contributed by atoms with van der Waals surface area (Å²) in [5.41, 5.74) is 0. The van der Waals surface area contributed by atoms with Crippen molar-refractivity contribution < 1.29 is 16.8 Å². The summed E-state index contributed by atoms with van der Waals surface area (Å²) in [7, 11) is -5.32. The second-order valence-electron chi connectivity index (χ2n) is 7.04. The van der Waals surface area contributed by atoms with Gasteiger partial charge in [-0.15, -0.1) is 11.3 Å². The van der Waals surface area contributed by atoms with E-state index in [1.165, 1.54) is 26.4 Å². The number of rotatable bonds is 6.